The van der Waals surface area contributed by atoms with E-state index in [-0.39, 0.29) is 5.91 Å². The summed E-state index contributed by atoms with van der Waals surface area (Å²) in [7, 11) is 3.51. The molecule has 4 aromatic heterocycles. The SMILES string of the molecule is CNc1cc(-c2c[nH]c3ncccc23)nc2c(C(=O)N[C@H]3CC[C@H]3F)cnn12.COC1CCCOC1. The Morgan fingerprint density at radius 2 is 2.22 bits per heavy atom. The van der Waals surface area contributed by atoms with Crippen LogP contribution in [0.15, 0.2) is 36.8 Å². The molecule has 1 unspecified atom stereocenters. The maximum atomic E-state index is 13.5. The molecule has 1 aliphatic carbocycles. The third kappa shape index (κ3) is 4.76. The minimum Gasteiger partial charge on any atom is -0.379 e. The van der Waals surface area contributed by atoms with E-state index in [0.717, 1.165) is 42.7 Å². The number of hydrogen-bond acceptors (Lipinski definition) is 7. The Hall–Kier alpha value is -3.57. The molecule has 1 amide bonds. The molecule has 1 saturated heterocycles. The van der Waals surface area contributed by atoms with E-state index in [4.69, 9.17) is 9.47 Å². The average Bonchev–Trinajstić information content (AvgIpc) is 3.55. The summed E-state index contributed by atoms with van der Waals surface area (Å²) in [6, 6.07) is 5.25. The quantitative estimate of drug-likeness (QED) is 0.389. The minimum atomic E-state index is -0.985. The summed E-state index contributed by atoms with van der Waals surface area (Å²) in [6.07, 6.45) is 7.85. The van der Waals surface area contributed by atoms with Crippen molar-refractivity contribution in [1.29, 1.82) is 0 Å². The zero-order chi connectivity index (χ0) is 25.1. The summed E-state index contributed by atoms with van der Waals surface area (Å²) in [5, 5.41) is 11.0. The van der Waals surface area contributed by atoms with Crippen LogP contribution in [0.2, 0.25) is 0 Å². The number of nitrogens with one attached hydrogen (secondary N) is 3. The lowest BCUT2D eigenvalue weighted by atomic mass is 9.90. The van der Waals surface area contributed by atoms with E-state index in [2.05, 4.69) is 30.7 Å². The standard InChI is InChI=1S/C19H18FN7O.C6H12O2/c1-21-16-7-15(11-8-23-17-10(11)3-2-6-22-17)25-18-12(9-24-27(16)18)19(28)26-14-5-4-13(14)20;1-7-6-3-2-4-8-5-6/h2-3,6-9,13-14,21H,4-5H2,1H3,(H,22,23)(H,26,28);6H,2-5H2,1H3/t13-,14+;/m1./s1. The topological polar surface area (TPSA) is 118 Å². The van der Waals surface area contributed by atoms with Gasteiger partial charge in [-0.1, -0.05) is 0 Å². The number of rotatable bonds is 5. The van der Waals surface area contributed by atoms with Crippen molar-refractivity contribution in [3.05, 3.63) is 42.4 Å². The number of nitrogens with zero attached hydrogens (tertiary/aromatic N) is 4. The van der Waals surface area contributed by atoms with Gasteiger partial charge >= 0.3 is 0 Å². The van der Waals surface area contributed by atoms with Gasteiger partial charge in [-0.3, -0.25) is 4.79 Å². The number of ether oxygens (including phenoxy) is 2. The van der Waals surface area contributed by atoms with E-state index in [1.807, 2.05) is 24.4 Å². The van der Waals surface area contributed by atoms with Crippen LogP contribution in [0, 0.1) is 0 Å². The second-order valence-corrected chi connectivity index (χ2v) is 8.92. The number of methoxy groups -OCH3 is 1. The van der Waals surface area contributed by atoms with Crippen molar-refractivity contribution in [2.24, 2.45) is 0 Å². The van der Waals surface area contributed by atoms with Crippen LogP contribution >= 0.6 is 0 Å². The number of alkyl halides is 1. The number of halogens is 1. The number of aromatic amines is 1. The predicted octanol–water partition coefficient (Wildman–Crippen LogP) is 3.36. The van der Waals surface area contributed by atoms with Gasteiger partial charge in [0.05, 0.1) is 30.6 Å². The van der Waals surface area contributed by atoms with Gasteiger partial charge in [0, 0.05) is 50.2 Å². The van der Waals surface area contributed by atoms with Crippen LogP contribution in [0.1, 0.15) is 36.0 Å². The predicted molar refractivity (Wildman–Crippen MR) is 134 cm³/mol. The number of fused-ring (bicyclic) bond motifs is 2. The minimum absolute atomic E-state index is 0.315. The Bertz CT molecular complexity index is 1350. The molecule has 6 rings (SSSR count). The van der Waals surface area contributed by atoms with Crippen molar-refractivity contribution in [3.63, 3.8) is 0 Å². The molecule has 3 atom stereocenters. The highest BCUT2D eigenvalue weighted by molar-refractivity contribution is 6.01. The number of hydrogen-bond donors (Lipinski definition) is 3. The van der Waals surface area contributed by atoms with Crippen LogP contribution in [0.4, 0.5) is 10.2 Å². The molecule has 5 heterocycles. The summed E-state index contributed by atoms with van der Waals surface area (Å²) in [5.74, 6) is 0.318. The first-order valence-corrected chi connectivity index (χ1v) is 12.1. The lowest BCUT2D eigenvalue weighted by molar-refractivity contribution is -0.0291. The molecule has 1 aliphatic heterocycles. The molecule has 2 fully saturated rings. The van der Waals surface area contributed by atoms with E-state index in [0.29, 0.717) is 41.7 Å². The van der Waals surface area contributed by atoms with Gasteiger partial charge in [-0.15, -0.1) is 0 Å². The summed E-state index contributed by atoms with van der Waals surface area (Å²) < 4.78 is 25.3. The molecule has 0 aromatic carbocycles. The molecule has 2 aliphatic rings. The first kappa shape index (κ1) is 24.1. The fraction of sp³-hybridized carbons (Fsp3) is 0.440. The zero-order valence-corrected chi connectivity index (χ0v) is 20.3. The molecule has 4 aromatic rings. The molecule has 0 bridgehead atoms. The first-order chi connectivity index (χ1) is 17.6. The first-order valence-electron chi connectivity index (χ1n) is 12.1. The lowest BCUT2D eigenvalue weighted by Crippen LogP contribution is -2.48. The van der Waals surface area contributed by atoms with Crippen molar-refractivity contribution >= 4 is 28.4 Å². The normalized spacial score (nSPS) is 21.5. The van der Waals surface area contributed by atoms with Crippen LogP contribution in [-0.2, 0) is 9.47 Å². The second kappa shape index (κ2) is 10.6. The fourth-order valence-corrected chi connectivity index (χ4v) is 4.37. The molecule has 0 radical (unpaired) electrons. The molecular formula is C25H30FN7O3. The summed E-state index contributed by atoms with van der Waals surface area (Å²) in [5.41, 5.74) is 3.04. The highest BCUT2D eigenvalue weighted by Crippen LogP contribution is 2.29. The van der Waals surface area contributed by atoms with E-state index in [1.54, 1.807) is 24.9 Å². The molecule has 190 valence electrons. The van der Waals surface area contributed by atoms with Crippen LogP contribution in [0.25, 0.3) is 27.9 Å². The van der Waals surface area contributed by atoms with Crippen molar-refractivity contribution < 1.29 is 18.7 Å². The van der Waals surface area contributed by atoms with Gasteiger partial charge in [-0.25, -0.2) is 14.4 Å². The largest absolute Gasteiger partial charge is 0.379 e. The summed E-state index contributed by atoms with van der Waals surface area (Å²) >= 11 is 0. The number of anilines is 1. The van der Waals surface area contributed by atoms with Gasteiger partial charge in [0.1, 0.15) is 23.2 Å². The van der Waals surface area contributed by atoms with E-state index in [9.17, 15) is 9.18 Å². The van der Waals surface area contributed by atoms with E-state index >= 15 is 0 Å². The summed E-state index contributed by atoms with van der Waals surface area (Å²) in [6.45, 7) is 1.70. The Kier molecular flexibility index (Phi) is 7.10. The molecule has 0 spiro atoms. The molecule has 10 nitrogen and oxygen atoms in total. The monoisotopic (exact) mass is 495 g/mol. The average molecular weight is 496 g/mol. The fourth-order valence-electron chi connectivity index (χ4n) is 4.37. The maximum Gasteiger partial charge on any atom is 0.257 e. The van der Waals surface area contributed by atoms with Gasteiger partial charge in [0.25, 0.3) is 5.91 Å². The van der Waals surface area contributed by atoms with Gasteiger partial charge in [0.2, 0.25) is 0 Å². The van der Waals surface area contributed by atoms with Crippen molar-refractivity contribution in [1.82, 2.24) is 29.9 Å². The molecular weight excluding hydrogens is 465 g/mol. The van der Waals surface area contributed by atoms with E-state index in [1.165, 1.54) is 6.20 Å². The third-order valence-corrected chi connectivity index (χ3v) is 6.66. The Morgan fingerprint density at radius 3 is 2.89 bits per heavy atom. The number of pyridine rings is 1. The molecule has 11 heteroatoms. The Labute approximate surface area is 207 Å². The van der Waals surface area contributed by atoms with Crippen molar-refractivity contribution in [3.8, 4) is 11.3 Å². The van der Waals surface area contributed by atoms with Crippen LogP contribution in [0.5, 0.6) is 0 Å². The number of H-pyrrole nitrogens is 1. The van der Waals surface area contributed by atoms with Crippen LogP contribution in [-0.4, -0.2) is 76.2 Å². The number of carbonyl (C=O) groups is 1. The zero-order valence-electron chi connectivity index (χ0n) is 20.3. The number of carbonyl (C=O) groups excluding carboxylic acids is 1. The third-order valence-electron chi connectivity index (χ3n) is 6.66. The second-order valence-electron chi connectivity index (χ2n) is 8.92. The van der Waals surface area contributed by atoms with Gasteiger partial charge in [-0.05, 0) is 37.8 Å². The van der Waals surface area contributed by atoms with Crippen molar-refractivity contribution in [2.45, 2.75) is 44.0 Å². The Balaban J connectivity index is 0.000000286. The smallest absolute Gasteiger partial charge is 0.257 e. The maximum absolute atomic E-state index is 13.5. The lowest BCUT2D eigenvalue weighted by Gasteiger charge is -2.30. The summed E-state index contributed by atoms with van der Waals surface area (Å²) in [4.78, 5) is 24.8. The van der Waals surface area contributed by atoms with Crippen molar-refractivity contribution in [2.75, 3.05) is 32.7 Å². The van der Waals surface area contributed by atoms with Crippen LogP contribution in [0.3, 0.4) is 0 Å². The highest BCUT2D eigenvalue weighted by Gasteiger charge is 2.33. The van der Waals surface area contributed by atoms with Gasteiger partial charge in [-0.2, -0.15) is 9.61 Å². The number of aromatic nitrogens is 5. The molecule has 3 N–H and O–H groups in total. The van der Waals surface area contributed by atoms with Gasteiger partial charge in [0.15, 0.2) is 5.65 Å². The number of amides is 1. The Morgan fingerprint density at radius 1 is 1.33 bits per heavy atom. The van der Waals surface area contributed by atoms with E-state index < -0.39 is 12.2 Å². The molecule has 1 saturated carbocycles. The van der Waals surface area contributed by atoms with Gasteiger partial charge < -0.3 is 25.1 Å². The highest BCUT2D eigenvalue weighted by atomic mass is 19.1. The van der Waals surface area contributed by atoms with Crippen LogP contribution < -0.4 is 10.6 Å². The molecule has 36 heavy (non-hydrogen) atoms.